The highest BCUT2D eigenvalue weighted by Gasteiger charge is 2.01. The predicted octanol–water partition coefficient (Wildman–Crippen LogP) is 3.22. The van der Waals surface area contributed by atoms with Gasteiger partial charge in [0.2, 0.25) is 0 Å². The van der Waals surface area contributed by atoms with Gasteiger partial charge in [-0.2, -0.15) is 0 Å². The average molecular weight is 260 g/mol. The summed E-state index contributed by atoms with van der Waals surface area (Å²) in [6.07, 6.45) is 0. The Morgan fingerprint density at radius 3 is 2.77 bits per heavy atom. The molecule has 1 aromatic carbocycles. The van der Waals surface area contributed by atoms with Crippen LogP contribution in [0.15, 0.2) is 22.7 Å². The third kappa shape index (κ3) is 2.97. The lowest BCUT2D eigenvalue weighted by Gasteiger charge is -2.08. The molecule has 0 heterocycles. The lowest BCUT2D eigenvalue weighted by atomic mass is 10.3. The largest absolute Gasteiger partial charge is 0.497 e. The van der Waals surface area contributed by atoms with Gasteiger partial charge in [0.05, 0.1) is 17.8 Å². The van der Waals surface area contributed by atoms with E-state index < -0.39 is 0 Å². The van der Waals surface area contributed by atoms with Gasteiger partial charge in [-0.3, -0.25) is 0 Å². The standard InChI is InChI=1S/C9H10BrNOS/c1-6(13)11-9-5-7(12-2)3-4-8(9)10/h3-5H,1-2H3,(H,11,13). The van der Waals surface area contributed by atoms with Crippen molar-refractivity contribution < 1.29 is 4.74 Å². The summed E-state index contributed by atoms with van der Waals surface area (Å²) in [4.78, 5) is 0.731. The number of rotatable bonds is 2. The topological polar surface area (TPSA) is 21.3 Å². The minimum absolute atomic E-state index is 0.731. The Balaban J connectivity index is 2.96. The molecule has 70 valence electrons. The van der Waals surface area contributed by atoms with Gasteiger partial charge in [0.1, 0.15) is 5.75 Å². The molecule has 1 rings (SSSR count). The zero-order chi connectivity index (χ0) is 9.84. The Kier molecular flexibility index (Phi) is 3.69. The smallest absolute Gasteiger partial charge is 0.121 e. The molecule has 0 radical (unpaired) electrons. The second kappa shape index (κ2) is 4.58. The van der Waals surface area contributed by atoms with Crippen molar-refractivity contribution in [3.05, 3.63) is 22.7 Å². The van der Waals surface area contributed by atoms with Crippen LogP contribution in [0.4, 0.5) is 5.69 Å². The Morgan fingerprint density at radius 1 is 1.54 bits per heavy atom. The van der Waals surface area contributed by atoms with E-state index in [-0.39, 0.29) is 0 Å². The molecule has 0 bridgehead atoms. The molecule has 0 fully saturated rings. The van der Waals surface area contributed by atoms with Crippen molar-refractivity contribution in [1.82, 2.24) is 0 Å². The molecule has 0 aliphatic carbocycles. The highest BCUT2D eigenvalue weighted by atomic mass is 79.9. The Labute approximate surface area is 91.4 Å². The van der Waals surface area contributed by atoms with Crippen molar-refractivity contribution in [2.24, 2.45) is 0 Å². The maximum Gasteiger partial charge on any atom is 0.121 e. The molecule has 0 aromatic heterocycles. The number of nitrogens with one attached hydrogen (secondary N) is 1. The molecule has 2 nitrogen and oxygen atoms in total. The van der Waals surface area contributed by atoms with Crippen LogP contribution in [-0.2, 0) is 0 Å². The van der Waals surface area contributed by atoms with Crippen molar-refractivity contribution in [3.63, 3.8) is 0 Å². The fraction of sp³-hybridized carbons (Fsp3) is 0.222. The summed E-state index contributed by atoms with van der Waals surface area (Å²) in [7, 11) is 1.64. The summed E-state index contributed by atoms with van der Waals surface area (Å²) < 4.78 is 6.06. The second-order valence-corrected chi connectivity index (χ2v) is 3.99. The molecule has 4 heteroatoms. The zero-order valence-electron chi connectivity index (χ0n) is 7.43. The number of benzene rings is 1. The SMILES string of the molecule is COc1ccc(Br)c(NC(C)=S)c1. The monoisotopic (exact) mass is 259 g/mol. The van der Waals surface area contributed by atoms with E-state index in [1.54, 1.807) is 7.11 Å². The van der Waals surface area contributed by atoms with Gasteiger partial charge in [-0.1, -0.05) is 12.2 Å². The summed E-state index contributed by atoms with van der Waals surface area (Å²) in [5.74, 6) is 0.807. The second-order valence-electron chi connectivity index (χ2n) is 2.53. The first-order valence-electron chi connectivity index (χ1n) is 3.74. The van der Waals surface area contributed by atoms with Crippen LogP contribution < -0.4 is 10.1 Å². The quantitative estimate of drug-likeness (QED) is 0.825. The third-order valence-corrected chi connectivity index (χ3v) is 2.28. The first-order chi connectivity index (χ1) is 6.13. The van der Waals surface area contributed by atoms with Crippen LogP contribution in [-0.4, -0.2) is 12.1 Å². The van der Waals surface area contributed by atoms with Gasteiger partial charge >= 0.3 is 0 Å². The maximum absolute atomic E-state index is 5.09. The Hall–Kier alpha value is -0.610. The molecule has 0 aliphatic rings. The molecule has 0 aliphatic heterocycles. The van der Waals surface area contributed by atoms with Gasteiger partial charge < -0.3 is 10.1 Å². The number of hydrogen-bond acceptors (Lipinski definition) is 2. The molecule has 1 aromatic rings. The van der Waals surface area contributed by atoms with E-state index >= 15 is 0 Å². The molecule has 13 heavy (non-hydrogen) atoms. The van der Waals surface area contributed by atoms with Crippen molar-refractivity contribution in [3.8, 4) is 5.75 Å². The van der Waals surface area contributed by atoms with E-state index in [0.717, 1.165) is 20.9 Å². The summed E-state index contributed by atoms with van der Waals surface area (Å²) in [6, 6.07) is 5.69. The fourth-order valence-electron chi connectivity index (χ4n) is 0.917. The number of halogens is 1. The van der Waals surface area contributed by atoms with Gasteiger partial charge in [0.15, 0.2) is 0 Å². The normalized spacial score (nSPS) is 9.46. The van der Waals surface area contributed by atoms with Crippen LogP contribution in [0.5, 0.6) is 5.75 Å². The molecule has 1 N–H and O–H groups in total. The summed E-state index contributed by atoms with van der Waals surface area (Å²) in [6.45, 7) is 1.83. The Morgan fingerprint density at radius 2 is 2.23 bits per heavy atom. The third-order valence-electron chi connectivity index (χ3n) is 1.48. The van der Waals surface area contributed by atoms with Crippen molar-refractivity contribution >= 4 is 38.8 Å². The van der Waals surface area contributed by atoms with Crippen LogP contribution in [0.1, 0.15) is 6.92 Å². The Bertz CT molecular complexity index is 327. The van der Waals surface area contributed by atoms with E-state index in [0.29, 0.717) is 0 Å². The molecular weight excluding hydrogens is 250 g/mol. The lowest BCUT2D eigenvalue weighted by molar-refractivity contribution is 0.415. The van der Waals surface area contributed by atoms with E-state index in [2.05, 4.69) is 21.2 Å². The summed E-state index contributed by atoms with van der Waals surface area (Å²) >= 11 is 8.35. The highest BCUT2D eigenvalue weighted by Crippen LogP contribution is 2.26. The predicted molar refractivity (Wildman–Crippen MR) is 62.6 cm³/mol. The van der Waals surface area contributed by atoms with Gasteiger partial charge in [-0.15, -0.1) is 0 Å². The van der Waals surface area contributed by atoms with Crippen LogP contribution >= 0.6 is 28.1 Å². The minimum atomic E-state index is 0.731. The number of ether oxygens (including phenoxy) is 1. The summed E-state index contributed by atoms with van der Waals surface area (Å²) in [5, 5.41) is 3.05. The number of thiocarbonyl (C=S) groups is 1. The highest BCUT2D eigenvalue weighted by molar-refractivity contribution is 9.10. The number of anilines is 1. The fourth-order valence-corrected chi connectivity index (χ4v) is 1.37. The van der Waals surface area contributed by atoms with Crippen LogP contribution in [0.25, 0.3) is 0 Å². The first-order valence-corrected chi connectivity index (χ1v) is 4.94. The van der Waals surface area contributed by atoms with Gasteiger partial charge in [0, 0.05) is 10.5 Å². The molecular formula is C9H10BrNOS. The van der Waals surface area contributed by atoms with Crippen LogP contribution in [0.3, 0.4) is 0 Å². The molecule has 0 unspecified atom stereocenters. The van der Waals surface area contributed by atoms with E-state index in [1.807, 2.05) is 25.1 Å². The molecule has 0 saturated heterocycles. The van der Waals surface area contributed by atoms with Crippen LogP contribution in [0, 0.1) is 0 Å². The van der Waals surface area contributed by atoms with E-state index in [4.69, 9.17) is 17.0 Å². The van der Waals surface area contributed by atoms with Gasteiger partial charge in [-0.25, -0.2) is 0 Å². The number of hydrogen-bond donors (Lipinski definition) is 1. The zero-order valence-corrected chi connectivity index (χ0v) is 9.83. The lowest BCUT2D eigenvalue weighted by Crippen LogP contribution is -2.03. The summed E-state index contributed by atoms with van der Waals surface area (Å²) in [5.41, 5.74) is 0.923. The molecule has 0 spiro atoms. The van der Waals surface area contributed by atoms with Crippen molar-refractivity contribution in [2.75, 3.05) is 12.4 Å². The minimum Gasteiger partial charge on any atom is -0.497 e. The van der Waals surface area contributed by atoms with E-state index in [9.17, 15) is 0 Å². The van der Waals surface area contributed by atoms with Crippen LogP contribution in [0.2, 0.25) is 0 Å². The maximum atomic E-state index is 5.09. The van der Waals surface area contributed by atoms with Gasteiger partial charge in [-0.05, 0) is 35.0 Å². The van der Waals surface area contributed by atoms with E-state index in [1.165, 1.54) is 0 Å². The molecule has 0 amide bonds. The molecule has 0 atom stereocenters. The van der Waals surface area contributed by atoms with Gasteiger partial charge in [0.25, 0.3) is 0 Å². The average Bonchev–Trinajstić information content (AvgIpc) is 2.08. The molecule has 0 saturated carbocycles. The van der Waals surface area contributed by atoms with Crippen molar-refractivity contribution in [2.45, 2.75) is 6.92 Å². The number of methoxy groups -OCH3 is 1. The van der Waals surface area contributed by atoms with Crippen molar-refractivity contribution in [1.29, 1.82) is 0 Å². The first kappa shape index (κ1) is 10.5.